The number of hydrogen-bond acceptors (Lipinski definition) is 1. The highest BCUT2D eigenvalue weighted by Gasteiger charge is 2.20. The van der Waals surface area contributed by atoms with Crippen LogP contribution in [0, 0.1) is 0 Å². The summed E-state index contributed by atoms with van der Waals surface area (Å²) >= 11 is 0. The van der Waals surface area contributed by atoms with E-state index in [1.807, 2.05) is 6.07 Å². The quantitative estimate of drug-likeness (QED) is 0.192. The average Bonchev–Trinajstić information content (AvgIpc) is 3.82. The van der Waals surface area contributed by atoms with Crippen LogP contribution in [0.3, 0.4) is 0 Å². The number of para-hydroxylation sites is 3. The Balaban J connectivity index is 1.19. The minimum Gasteiger partial charge on any atom is -0.456 e. The van der Waals surface area contributed by atoms with Gasteiger partial charge >= 0.3 is 0 Å². The van der Waals surface area contributed by atoms with Gasteiger partial charge in [-0.25, -0.2) is 0 Å². The number of fused-ring (bicyclic) bond motifs is 11. The number of aromatic nitrogens is 2. The summed E-state index contributed by atoms with van der Waals surface area (Å²) in [5.41, 5.74) is 11.3. The van der Waals surface area contributed by atoms with Crippen LogP contribution in [0.5, 0.6) is 0 Å². The molecule has 0 unspecified atom stereocenters. The van der Waals surface area contributed by atoms with Crippen LogP contribution in [0.2, 0.25) is 0 Å². The zero-order valence-electron chi connectivity index (χ0n) is 26.5. The summed E-state index contributed by atoms with van der Waals surface area (Å²) in [6.45, 7) is 0. The molecular weight excluding hydrogens is 597 g/mol. The molecule has 49 heavy (non-hydrogen) atoms. The maximum atomic E-state index is 6.41. The van der Waals surface area contributed by atoms with Crippen molar-refractivity contribution in [1.29, 1.82) is 0 Å². The third kappa shape index (κ3) is 3.78. The SMILES string of the molecule is c1ccc(-n2c3ccccc3c3cc(-c4ccc5c(c4)c4ccc6oc7ccccc7c6c4n5-c4ccc5ccccc5c4)ccc32)cc1. The highest BCUT2D eigenvalue weighted by molar-refractivity contribution is 6.25. The van der Waals surface area contributed by atoms with Gasteiger partial charge in [0.25, 0.3) is 0 Å². The van der Waals surface area contributed by atoms with E-state index < -0.39 is 0 Å². The molecule has 0 aliphatic rings. The number of rotatable bonds is 3. The first-order valence-electron chi connectivity index (χ1n) is 16.8. The van der Waals surface area contributed by atoms with Crippen LogP contribution < -0.4 is 0 Å². The summed E-state index contributed by atoms with van der Waals surface area (Å²) in [6.07, 6.45) is 0. The second-order valence-electron chi connectivity index (χ2n) is 13.0. The van der Waals surface area contributed by atoms with Crippen molar-refractivity contribution in [3.8, 4) is 22.5 Å². The van der Waals surface area contributed by atoms with Crippen molar-refractivity contribution in [1.82, 2.24) is 9.13 Å². The average molecular weight is 625 g/mol. The van der Waals surface area contributed by atoms with E-state index in [9.17, 15) is 0 Å². The molecule has 11 aromatic rings. The van der Waals surface area contributed by atoms with Crippen LogP contribution in [0.1, 0.15) is 0 Å². The molecule has 0 atom stereocenters. The van der Waals surface area contributed by atoms with Crippen molar-refractivity contribution in [3.63, 3.8) is 0 Å². The Morgan fingerprint density at radius 3 is 1.84 bits per heavy atom. The molecule has 228 valence electrons. The Bertz CT molecular complexity index is 3100. The van der Waals surface area contributed by atoms with E-state index in [0.717, 1.165) is 27.6 Å². The Morgan fingerprint density at radius 1 is 0.347 bits per heavy atom. The minimum absolute atomic E-state index is 0.902. The van der Waals surface area contributed by atoms with Gasteiger partial charge in [0, 0.05) is 38.3 Å². The van der Waals surface area contributed by atoms with Crippen LogP contribution in [0.25, 0.3) is 98.8 Å². The predicted octanol–water partition coefficient (Wildman–Crippen LogP) is 12.6. The van der Waals surface area contributed by atoms with Crippen LogP contribution in [-0.4, -0.2) is 9.13 Å². The van der Waals surface area contributed by atoms with E-state index in [0.29, 0.717) is 0 Å². The summed E-state index contributed by atoms with van der Waals surface area (Å²) in [7, 11) is 0. The summed E-state index contributed by atoms with van der Waals surface area (Å²) in [6, 6.07) is 61.3. The fourth-order valence-electron chi connectivity index (χ4n) is 8.09. The van der Waals surface area contributed by atoms with E-state index in [4.69, 9.17) is 4.42 Å². The number of hydrogen-bond donors (Lipinski definition) is 0. The van der Waals surface area contributed by atoms with Gasteiger partial charge in [-0.1, -0.05) is 97.1 Å². The first-order valence-corrected chi connectivity index (χ1v) is 16.8. The van der Waals surface area contributed by atoms with Gasteiger partial charge in [-0.3, -0.25) is 0 Å². The van der Waals surface area contributed by atoms with Crippen LogP contribution >= 0.6 is 0 Å². The van der Waals surface area contributed by atoms with Crippen molar-refractivity contribution in [2.75, 3.05) is 0 Å². The third-order valence-electron chi connectivity index (χ3n) is 10.3. The lowest BCUT2D eigenvalue weighted by molar-refractivity contribution is 0.669. The van der Waals surface area contributed by atoms with Gasteiger partial charge in [0.15, 0.2) is 0 Å². The highest BCUT2D eigenvalue weighted by Crippen LogP contribution is 2.43. The monoisotopic (exact) mass is 624 g/mol. The van der Waals surface area contributed by atoms with Crippen molar-refractivity contribution >= 4 is 76.3 Å². The second-order valence-corrected chi connectivity index (χ2v) is 13.0. The van der Waals surface area contributed by atoms with E-state index in [2.05, 4.69) is 173 Å². The molecule has 0 radical (unpaired) electrons. The summed E-state index contributed by atoms with van der Waals surface area (Å²) in [5.74, 6) is 0. The zero-order chi connectivity index (χ0) is 32.1. The van der Waals surface area contributed by atoms with Crippen molar-refractivity contribution < 1.29 is 4.42 Å². The molecule has 3 heterocycles. The highest BCUT2D eigenvalue weighted by atomic mass is 16.3. The molecular formula is C46H28N2O. The fraction of sp³-hybridized carbons (Fsp3) is 0. The Kier molecular flexibility index (Phi) is 5.38. The zero-order valence-corrected chi connectivity index (χ0v) is 26.5. The van der Waals surface area contributed by atoms with Gasteiger partial charge in [-0.2, -0.15) is 0 Å². The van der Waals surface area contributed by atoms with E-state index >= 15 is 0 Å². The first kappa shape index (κ1) is 26.5. The molecule has 0 aliphatic heterocycles. The summed E-state index contributed by atoms with van der Waals surface area (Å²) in [5, 5.41) is 9.68. The molecule has 0 saturated heterocycles. The standard InChI is InChI=1S/C46H28N2O/c1-2-12-33(13-3-1)47-40-16-8-6-14-35(40)38-27-31(19-23-41(38)47)32-20-24-42-39(28-32)36-22-25-44-45(37-15-7-9-17-43(37)49-44)46(36)48(42)34-21-18-29-10-4-5-11-30(29)26-34/h1-28H. The minimum atomic E-state index is 0.902. The number of benzene rings is 8. The lowest BCUT2D eigenvalue weighted by Gasteiger charge is -2.11. The van der Waals surface area contributed by atoms with Crippen molar-refractivity contribution in [3.05, 3.63) is 170 Å². The van der Waals surface area contributed by atoms with E-state index in [1.165, 1.54) is 71.2 Å². The smallest absolute Gasteiger partial charge is 0.137 e. The maximum absolute atomic E-state index is 6.41. The molecule has 3 nitrogen and oxygen atoms in total. The van der Waals surface area contributed by atoms with Gasteiger partial charge < -0.3 is 13.6 Å². The van der Waals surface area contributed by atoms with Crippen molar-refractivity contribution in [2.24, 2.45) is 0 Å². The molecule has 0 bridgehead atoms. The van der Waals surface area contributed by atoms with Gasteiger partial charge in [-0.05, 0) is 94.7 Å². The largest absolute Gasteiger partial charge is 0.456 e. The van der Waals surface area contributed by atoms with Gasteiger partial charge in [0.2, 0.25) is 0 Å². The molecule has 8 aromatic carbocycles. The molecule has 0 fully saturated rings. The summed E-state index contributed by atoms with van der Waals surface area (Å²) in [4.78, 5) is 0. The number of furan rings is 1. The number of nitrogens with zero attached hydrogens (tertiary/aromatic N) is 2. The van der Waals surface area contributed by atoms with Crippen molar-refractivity contribution in [2.45, 2.75) is 0 Å². The molecule has 11 rings (SSSR count). The predicted molar refractivity (Wildman–Crippen MR) is 205 cm³/mol. The third-order valence-corrected chi connectivity index (χ3v) is 10.3. The molecule has 0 spiro atoms. The van der Waals surface area contributed by atoms with E-state index in [1.54, 1.807) is 0 Å². The second kappa shape index (κ2) is 9.96. The lowest BCUT2D eigenvalue weighted by atomic mass is 10.00. The molecule has 0 amide bonds. The molecule has 0 N–H and O–H groups in total. The Labute approximate surface area is 281 Å². The van der Waals surface area contributed by atoms with Crippen LogP contribution in [-0.2, 0) is 0 Å². The molecule has 3 heteroatoms. The van der Waals surface area contributed by atoms with Gasteiger partial charge in [0.05, 0.1) is 27.5 Å². The van der Waals surface area contributed by atoms with E-state index in [-0.39, 0.29) is 0 Å². The molecule has 0 saturated carbocycles. The molecule has 0 aliphatic carbocycles. The topological polar surface area (TPSA) is 23.0 Å². The van der Waals surface area contributed by atoms with Crippen LogP contribution in [0.4, 0.5) is 0 Å². The Hall–Kier alpha value is -6.58. The normalized spacial score (nSPS) is 12.1. The van der Waals surface area contributed by atoms with Gasteiger partial charge in [-0.15, -0.1) is 0 Å². The maximum Gasteiger partial charge on any atom is 0.137 e. The lowest BCUT2D eigenvalue weighted by Crippen LogP contribution is -1.94. The Morgan fingerprint density at radius 2 is 1.00 bits per heavy atom. The van der Waals surface area contributed by atoms with Gasteiger partial charge in [0.1, 0.15) is 11.2 Å². The fourth-order valence-corrected chi connectivity index (χ4v) is 8.09. The first-order chi connectivity index (χ1) is 24.3. The van der Waals surface area contributed by atoms with Crippen LogP contribution in [0.15, 0.2) is 174 Å². The summed E-state index contributed by atoms with van der Waals surface area (Å²) < 4.78 is 11.2. The molecule has 3 aromatic heterocycles.